The fourth-order valence-corrected chi connectivity index (χ4v) is 3.06. The number of benzene rings is 3. The van der Waals surface area contributed by atoms with Crippen molar-refractivity contribution in [2.75, 3.05) is 17.3 Å². The predicted octanol–water partition coefficient (Wildman–Crippen LogP) is 4.40. The molecule has 0 saturated heterocycles. The van der Waals surface area contributed by atoms with Gasteiger partial charge in [-0.05, 0) is 23.1 Å². The van der Waals surface area contributed by atoms with Gasteiger partial charge in [-0.15, -0.1) is 0 Å². The largest absolute Gasteiger partial charge is 0.361 e. The van der Waals surface area contributed by atoms with Crippen LogP contribution < -0.4 is 10.2 Å². The van der Waals surface area contributed by atoms with E-state index in [1.165, 1.54) is 27.7 Å². The highest BCUT2D eigenvalue weighted by atomic mass is 15.3. The molecule has 20 heavy (non-hydrogen) atoms. The third-order valence-corrected chi connectivity index (χ3v) is 4.06. The van der Waals surface area contributed by atoms with Crippen molar-refractivity contribution in [2.45, 2.75) is 6.17 Å². The summed E-state index contributed by atoms with van der Waals surface area (Å²) >= 11 is 0. The summed E-state index contributed by atoms with van der Waals surface area (Å²) in [5, 5.41) is 6.25. The van der Waals surface area contributed by atoms with Crippen molar-refractivity contribution in [3.8, 4) is 0 Å². The molecule has 1 heterocycles. The number of nitrogens with zero attached hydrogens (tertiary/aromatic N) is 1. The van der Waals surface area contributed by atoms with Gasteiger partial charge in [0.15, 0.2) is 0 Å². The molecule has 0 amide bonds. The molecule has 0 bridgehead atoms. The van der Waals surface area contributed by atoms with Gasteiger partial charge in [0, 0.05) is 23.8 Å². The van der Waals surface area contributed by atoms with Gasteiger partial charge in [-0.2, -0.15) is 0 Å². The molecule has 0 spiro atoms. The van der Waals surface area contributed by atoms with E-state index >= 15 is 0 Å². The molecule has 0 saturated carbocycles. The van der Waals surface area contributed by atoms with Crippen LogP contribution in [0.15, 0.2) is 66.7 Å². The Morgan fingerprint density at radius 2 is 1.60 bits per heavy atom. The highest BCUT2D eigenvalue weighted by molar-refractivity contribution is 6.05. The molecule has 1 aliphatic rings. The average Bonchev–Trinajstić information content (AvgIpc) is 2.52. The van der Waals surface area contributed by atoms with Crippen LogP contribution in [0.2, 0.25) is 0 Å². The highest BCUT2D eigenvalue weighted by Crippen LogP contribution is 2.41. The molecule has 0 aliphatic carbocycles. The number of rotatable bonds is 1. The minimum atomic E-state index is 0.177. The molecule has 98 valence electrons. The summed E-state index contributed by atoms with van der Waals surface area (Å²) in [5.41, 5.74) is 3.78. The molecule has 0 radical (unpaired) electrons. The lowest BCUT2D eigenvalue weighted by Gasteiger charge is -2.37. The van der Waals surface area contributed by atoms with Gasteiger partial charge >= 0.3 is 0 Å². The molecular weight excluding hydrogens is 244 g/mol. The van der Waals surface area contributed by atoms with E-state index < -0.39 is 0 Å². The summed E-state index contributed by atoms with van der Waals surface area (Å²) in [6, 6.07) is 23.5. The van der Waals surface area contributed by atoms with E-state index in [9.17, 15) is 0 Å². The summed E-state index contributed by atoms with van der Waals surface area (Å²) in [6.45, 7) is 0. The lowest BCUT2D eigenvalue weighted by atomic mass is 10.0. The van der Waals surface area contributed by atoms with Gasteiger partial charge in [-0.25, -0.2) is 0 Å². The Kier molecular flexibility index (Phi) is 2.43. The van der Waals surface area contributed by atoms with E-state index in [4.69, 9.17) is 0 Å². The molecule has 2 heteroatoms. The molecule has 0 aromatic heterocycles. The molecular formula is C18H16N2. The molecule has 3 aromatic carbocycles. The van der Waals surface area contributed by atoms with E-state index in [-0.39, 0.29) is 6.17 Å². The average molecular weight is 260 g/mol. The minimum absolute atomic E-state index is 0.177. The second kappa shape index (κ2) is 4.27. The Labute approximate surface area is 118 Å². The second-order valence-corrected chi connectivity index (χ2v) is 5.25. The van der Waals surface area contributed by atoms with Crippen LogP contribution in [-0.4, -0.2) is 7.05 Å². The van der Waals surface area contributed by atoms with Crippen molar-refractivity contribution < 1.29 is 0 Å². The summed E-state index contributed by atoms with van der Waals surface area (Å²) in [6.07, 6.45) is 0.177. The zero-order valence-electron chi connectivity index (χ0n) is 11.4. The summed E-state index contributed by atoms with van der Waals surface area (Å²) in [4.78, 5) is 2.31. The van der Waals surface area contributed by atoms with Crippen LogP contribution in [0.5, 0.6) is 0 Å². The number of hydrogen-bond acceptors (Lipinski definition) is 2. The molecule has 1 atom stereocenters. The number of hydrogen-bond donors (Lipinski definition) is 1. The van der Waals surface area contributed by atoms with Gasteiger partial charge < -0.3 is 10.2 Å². The Balaban J connectivity index is 1.91. The maximum absolute atomic E-state index is 3.65. The first kappa shape index (κ1) is 11.4. The zero-order valence-corrected chi connectivity index (χ0v) is 11.4. The Morgan fingerprint density at radius 3 is 2.40 bits per heavy atom. The SMILES string of the molecule is CN1c2cccc3cccc(c23)NC1c1ccccc1. The van der Waals surface area contributed by atoms with Crippen LogP contribution in [-0.2, 0) is 0 Å². The maximum Gasteiger partial charge on any atom is 0.125 e. The lowest BCUT2D eigenvalue weighted by molar-refractivity contribution is 0.751. The topological polar surface area (TPSA) is 15.3 Å². The molecule has 2 nitrogen and oxygen atoms in total. The van der Waals surface area contributed by atoms with E-state index in [1.54, 1.807) is 0 Å². The maximum atomic E-state index is 3.65. The zero-order chi connectivity index (χ0) is 13.5. The van der Waals surface area contributed by atoms with E-state index in [1.807, 2.05) is 0 Å². The van der Waals surface area contributed by atoms with Crippen molar-refractivity contribution in [1.29, 1.82) is 0 Å². The quantitative estimate of drug-likeness (QED) is 0.697. The van der Waals surface area contributed by atoms with E-state index in [0.29, 0.717) is 0 Å². The number of nitrogens with one attached hydrogen (secondary N) is 1. The molecule has 0 fully saturated rings. The minimum Gasteiger partial charge on any atom is -0.361 e. The van der Waals surface area contributed by atoms with Crippen LogP contribution in [0.1, 0.15) is 11.7 Å². The summed E-state index contributed by atoms with van der Waals surface area (Å²) < 4.78 is 0. The standard InChI is InChI=1S/C18H16N2/c1-20-16-12-6-10-13-9-5-11-15(17(13)16)19-18(20)14-7-3-2-4-8-14/h2-12,18-19H,1H3. The number of anilines is 2. The smallest absolute Gasteiger partial charge is 0.125 e. The molecule has 3 aromatic rings. The van der Waals surface area contributed by atoms with Gasteiger partial charge in [-0.3, -0.25) is 0 Å². The van der Waals surface area contributed by atoms with Crippen LogP contribution in [0, 0.1) is 0 Å². The summed E-state index contributed by atoms with van der Waals surface area (Å²) in [5.74, 6) is 0. The predicted molar refractivity (Wildman–Crippen MR) is 85.2 cm³/mol. The lowest BCUT2D eigenvalue weighted by Crippen LogP contribution is -2.33. The van der Waals surface area contributed by atoms with Gasteiger partial charge in [-0.1, -0.05) is 54.6 Å². The van der Waals surface area contributed by atoms with Crippen LogP contribution in [0.4, 0.5) is 11.4 Å². The van der Waals surface area contributed by atoms with Gasteiger partial charge in [0.05, 0.1) is 0 Å². The van der Waals surface area contributed by atoms with Gasteiger partial charge in [0.1, 0.15) is 6.17 Å². The fraction of sp³-hybridized carbons (Fsp3) is 0.111. The van der Waals surface area contributed by atoms with Crippen molar-refractivity contribution in [2.24, 2.45) is 0 Å². The first-order chi connectivity index (χ1) is 9.84. The monoisotopic (exact) mass is 260 g/mol. The van der Waals surface area contributed by atoms with Crippen molar-refractivity contribution in [1.82, 2.24) is 0 Å². The first-order valence-electron chi connectivity index (χ1n) is 6.91. The van der Waals surface area contributed by atoms with Gasteiger partial charge in [0.25, 0.3) is 0 Å². The van der Waals surface area contributed by atoms with Crippen molar-refractivity contribution >= 4 is 22.1 Å². The Hall–Kier alpha value is -2.48. The van der Waals surface area contributed by atoms with Crippen LogP contribution in [0.3, 0.4) is 0 Å². The van der Waals surface area contributed by atoms with Crippen LogP contribution >= 0.6 is 0 Å². The van der Waals surface area contributed by atoms with E-state index in [2.05, 4.69) is 84.0 Å². The second-order valence-electron chi connectivity index (χ2n) is 5.25. The highest BCUT2D eigenvalue weighted by Gasteiger charge is 2.24. The molecule has 1 aliphatic heterocycles. The third-order valence-electron chi connectivity index (χ3n) is 4.06. The van der Waals surface area contributed by atoms with Gasteiger partial charge in [0.2, 0.25) is 0 Å². The van der Waals surface area contributed by atoms with E-state index in [0.717, 1.165) is 0 Å². The third kappa shape index (κ3) is 1.58. The molecule has 1 unspecified atom stereocenters. The van der Waals surface area contributed by atoms with Crippen LogP contribution in [0.25, 0.3) is 10.8 Å². The summed E-state index contributed by atoms with van der Waals surface area (Å²) in [7, 11) is 2.15. The first-order valence-corrected chi connectivity index (χ1v) is 6.91. The van der Waals surface area contributed by atoms with Crippen molar-refractivity contribution in [3.63, 3.8) is 0 Å². The van der Waals surface area contributed by atoms with Crippen molar-refractivity contribution in [3.05, 3.63) is 72.3 Å². The fourth-order valence-electron chi connectivity index (χ4n) is 3.06. The Bertz CT molecular complexity index is 759. The Morgan fingerprint density at radius 1 is 0.850 bits per heavy atom. The normalized spacial score (nSPS) is 17.1. The molecule has 4 rings (SSSR count). The molecule has 1 N–H and O–H groups in total.